The highest BCUT2D eigenvalue weighted by atomic mass is 19.3. The second-order valence-corrected chi connectivity index (χ2v) is 5.92. The van der Waals surface area contributed by atoms with Crippen LogP contribution in [0.15, 0.2) is 30.6 Å². The molecule has 1 amide bonds. The van der Waals surface area contributed by atoms with Crippen molar-refractivity contribution in [2.45, 2.75) is 38.5 Å². The summed E-state index contributed by atoms with van der Waals surface area (Å²) in [6, 6.07) is 7.29. The van der Waals surface area contributed by atoms with E-state index < -0.39 is 5.92 Å². The molecule has 0 spiro atoms. The van der Waals surface area contributed by atoms with Gasteiger partial charge in [0.1, 0.15) is 12.2 Å². The van der Waals surface area contributed by atoms with Crippen LogP contribution in [0.1, 0.15) is 31.5 Å². The molecule has 0 bridgehead atoms. The number of rotatable bonds is 3. The molecule has 0 unspecified atom stereocenters. The molecule has 3 rings (SSSR count). The maximum atomic E-state index is 13.2. The van der Waals surface area contributed by atoms with Crippen LogP contribution >= 0.6 is 0 Å². The number of benzene rings is 1. The van der Waals surface area contributed by atoms with Gasteiger partial charge in [0.05, 0.1) is 5.69 Å². The molecule has 0 radical (unpaired) electrons. The second-order valence-electron chi connectivity index (χ2n) is 5.92. The van der Waals surface area contributed by atoms with Gasteiger partial charge in [0, 0.05) is 24.4 Å². The molecule has 1 fully saturated rings. The lowest BCUT2D eigenvalue weighted by atomic mass is 9.86. The summed E-state index contributed by atoms with van der Waals surface area (Å²) in [5.41, 5.74) is 1.47. The molecular formula is C16H18F2N4O. The minimum absolute atomic E-state index is 0.196. The Bertz CT molecular complexity index is 704. The summed E-state index contributed by atoms with van der Waals surface area (Å²) in [5, 5.41) is 10.6. The van der Waals surface area contributed by atoms with Crippen molar-refractivity contribution in [1.82, 2.24) is 14.8 Å². The van der Waals surface area contributed by atoms with Gasteiger partial charge in [0.2, 0.25) is 11.8 Å². The monoisotopic (exact) mass is 320 g/mol. The predicted octanol–water partition coefficient (Wildman–Crippen LogP) is 3.34. The molecule has 2 aromatic rings. The average Bonchev–Trinajstić information content (AvgIpc) is 2.93. The molecule has 0 aliphatic heterocycles. The fourth-order valence-corrected chi connectivity index (χ4v) is 2.83. The number of carbonyl (C=O) groups excluding carboxylic acids is 1. The molecule has 1 saturated carbocycles. The van der Waals surface area contributed by atoms with Crippen LogP contribution in [0.3, 0.4) is 0 Å². The minimum Gasteiger partial charge on any atom is -0.326 e. The summed E-state index contributed by atoms with van der Waals surface area (Å²) in [5.74, 6) is -2.43. The maximum absolute atomic E-state index is 13.2. The van der Waals surface area contributed by atoms with Crippen LogP contribution in [0.25, 0.3) is 5.69 Å². The van der Waals surface area contributed by atoms with Crippen molar-refractivity contribution >= 4 is 11.6 Å². The molecule has 1 aromatic carbocycles. The van der Waals surface area contributed by atoms with E-state index in [1.54, 1.807) is 17.0 Å². The third-order valence-electron chi connectivity index (χ3n) is 4.20. The number of carbonyl (C=O) groups is 1. The van der Waals surface area contributed by atoms with Crippen molar-refractivity contribution in [3.63, 3.8) is 0 Å². The Balaban J connectivity index is 1.69. The van der Waals surface area contributed by atoms with Crippen molar-refractivity contribution in [3.05, 3.63) is 36.4 Å². The second kappa shape index (κ2) is 6.06. The van der Waals surface area contributed by atoms with Crippen LogP contribution in [0, 0.1) is 12.8 Å². The predicted molar refractivity (Wildman–Crippen MR) is 81.6 cm³/mol. The Morgan fingerprint density at radius 1 is 1.35 bits per heavy atom. The molecule has 1 aromatic heterocycles. The zero-order chi connectivity index (χ0) is 16.4. The van der Waals surface area contributed by atoms with E-state index in [1.165, 1.54) is 0 Å². The van der Waals surface area contributed by atoms with E-state index in [1.807, 2.05) is 25.1 Å². The molecule has 1 aliphatic rings. The topological polar surface area (TPSA) is 59.8 Å². The van der Waals surface area contributed by atoms with Crippen LogP contribution in [0.4, 0.5) is 14.5 Å². The lowest BCUT2D eigenvalue weighted by Crippen LogP contribution is -2.31. The highest BCUT2D eigenvalue weighted by Crippen LogP contribution is 2.36. The van der Waals surface area contributed by atoms with E-state index >= 15 is 0 Å². The average molecular weight is 320 g/mol. The first-order valence-corrected chi connectivity index (χ1v) is 7.60. The Morgan fingerprint density at radius 2 is 2.09 bits per heavy atom. The van der Waals surface area contributed by atoms with Crippen LogP contribution in [0.2, 0.25) is 0 Å². The first-order chi connectivity index (χ1) is 10.9. The highest BCUT2D eigenvalue weighted by Gasteiger charge is 2.37. The molecule has 122 valence electrons. The summed E-state index contributed by atoms with van der Waals surface area (Å²) < 4.78 is 28.1. The van der Waals surface area contributed by atoms with Gasteiger partial charge in [0.25, 0.3) is 0 Å². The number of amides is 1. The normalized spacial score (nSPS) is 17.9. The van der Waals surface area contributed by atoms with Gasteiger partial charge in [-0.05, 0) is 38.0 Å². The van der Waals surface area contributed by atoms with Gasteiger partial charge < -0.3 is 5.32 Å². The molecule has 1 N–H and O–H groups in total. The summed E-state index contributed by atoms with van der Waals surface area (Å²) in [6.45, 7) is 1.83. The first-order valence-electron chi connectivity index (χ1n) is 7.60. The number of halogens is 2. The van der Waals surface area contributed by atoms with Gasteiger partial charge in [-0.15, -0.1) is 10.2 Å². The lowest BCUT2D eigenvalue weighted by Gasteiger charge is -2.27. The smallest absolute Gasteiger partial charge is 0.248 e. The van der Waals surface area contributed by atoms with Crippen molar-refractivity contribution < 1.29 is 13.6 Å². The number of alkyl halides is 2. The fraction of sp³-hybridized carbons (Fsp3) is 0.438. The van der Waals surface area contributed by atoms with Gasteiger partial charge in [-0.2, -0.15) is 0 Å². The van der Waals surface area contributed by atoms with E-state index in [2.05, 4.69) is 15.5 Å². The van der Waals surface area contributed by atoms with Crippen LogP contribution in [-0.4, -0.2) is 26.6 Å². The number of anilines is 1. The van der Waals surface area contributed by atoms with Crippen molar-refractivity contribution in [2.75, 3.05) is 5.32 Å². The summed E-state index contributed by atoms with van der Waals surface area (Å²) in [4.78, 5) is 12.3. The number of hydrogen-bond acceptors (Lipinski definition) is 3. The molecule has 7 heteroatoms. The zero-order valence-corrected chi connectivity index (χ0v) is 12.8. The zero-order valence-electron chi connectivity index (χ0n) is 12.8. The molecule has 0 saturated heterocycles. The van der Waals surface area contributed by atoms with Gasteiger partial charge in [-0.3, -0.25) is 9.36 Å². The van der Waals surface area contributed by atoms with E-state index in [0.29, 0.717) is 5.69 Å². The molecule has 1 heterocycles. The summed E-state index contributed by atoms with van der Waals surface area (Å²) in [7, 11) is 0. The minimum atomic E-state index is -2.62. The van der Waals surface area contributed by atoms with Crippen LogP contribution in [0.5, 0.6) is 0 Å². The Morgan fingerprint density at radius 3 is 2.74 bits per heavy atom. The van der Waals surface area contributed by atoms with E-state index in [9.17, 15) is 13.6 Å². The SMILES string of the molecule is Cc1nncn1-c1cccc(NC(=O)C2CCC(F)(F)CC2)c1. The Kier molecular flexibility index (Phi) is 4.11. The number of hydrogen-bond donors (Lipinski definition) is 1. The fourth-order valence-electron chi connectivity index (χ4n) is 2.83. The number of nitrogens with zero attached hydrogens (tertiary/aromatic N) is 3. The van der Waals surface area contributed by atoms with E-state index in [4.69, 9.17) is 0 Å². The first kappa shape index (κ1) is 15.6. The number of aromatic nitrogens is 3. The molecule has 0 atom stereocenters. The lowest BCUT2D eigenvalue weighted by molar-refractivity contribution is -0.124. The van der Waals surface area contributed by atoms with Crippen LogP contribution in [-0.2, 0) is 4.79 Å². The van der Waals surface area contributed by atoms with Gasteiger partial charge in [0.15, 0.2) is 0 Å². The third-order valence-corrected chi connectivity index (χ3v) is 4.20. The summed E-state index contributed by atoms with van der Waals surface area (Å²) in [6.07, 6.45) is 1.61. The molecular weight excluding hydrogens is 302 g/mol. The molecule has 5 nitrogen and oxygen atoms in total. The van der Waals surface area contributed by atoms with E-state index in [-0.39, 0.29) is 37.5 Å². The third kappa shape index (κ3) is 3.55. The number of nitrogens with one attached hydrogen (secondary N) is 1. The molecule has 23 heavy (non-hydrogen) atoms. The van der Waals surface area contributed by atoms with Crippen molar-refractivity contribution in [3.8, 4) is 5.69 Å². The van der Waals surface area contributed by atoms with Crippen LogP contribution < -0.4 is 5.32 Å². The summed E-state index contributed by atoms with van der Waals surface area (Å²) >= 11 is 0. The van der Waals surface area contributed by atoms with E-state index in [0.717, 1.165) is 11.5 Å². The van der Waals surface area contributed by atoms with Gasteiger partial charge in [-0.25, -0.2) is 8.78 Å². The quantitative estimate of drug-likeness (QED) is 0.943. The van der Waals surface area contributed by atoms with Gasteiger partial charge >= 0.3 is 0 Å². The van der Waals surface area contributed by atoms with Gasteiger partial charge in [-0.1, -0.05) is 6.07 Å². The van der Waals surface area contributed by atoms with Crippen molar-refractivity contribution in [1.29, 1.82) is 0 Å². The molecule has 1 aliphatic carbocycles. The van der Waals surface area contributed by atoms with Crippen molar-refractivity contribution in [2.24, 2.45) is 5.92 Å². The highest BCUT2D eigenvalue weighted by molar-refractivity contribution is 5.92. The largest absolute Gasteiger partial charge is 0.326 e. The maximum Gasteiger partial charge on any atom is 0.248 e. The number of aryl methyl sites for hydroxylation is 1. The Hall–Kier alpha value is -2.31. The Labute approximate surface area is 132 Å². The standard InChI is InChI=1S/C16H18F2N4O/c1-11-21-19-10-22(11)14-4-2-3-13(9-14)20-15(23)12-5-7-16(17,18)8-6-12/h2-4,9-10,12H,5-8H2,1H3,(H,20,23).